The van der Waals surface area contributed by atoms with Gasteiger partial charge in [-0.25, -0.2) is 0 Å². The fourth-order valence-corrected chi connectivity index (χ4v) is 1.93. The van der Waals surface area contributed by atoms with Crippen LogP contribution in [0.25, 0.3) is 0 Å². The SMILES string of the molecule is Cc1cccc(CNC(=O)[C@H](N)c2ccccc2)c1. The minimum Gasteiger partial charge on any atom is -0.350 e. The van der Waals surface area contributed by atoms with Gasteiger partial charge in [0, 0.05) is 6.54 Å². The van der Waals surface area contributed by atoms with Crippen molar-refractivity contribution in [2.45, 2.75) is 19.5 Å². The highest BCUT2D eigenvalue weighted by Crippen LogP contribution is 2.10. The number of hydrogen-bond acceptors (Lipinski definition) is 2. The lowest BCUT2D eigenvalue weighted by atomic mass is 10.1. The topological polar surface area (TPSA) is 55.1 Å². The van der Waals surface area contributed by atoms with Gasteiger partial charge < -0.3 is 11.1 Å². The van der Waals surface area contributed by atoms with E-state index in [4.69, 9.17) is 5.73 Å². The molecular weight excluding hydrogens is 236 g/mol. The molecule has 3 heteroatoms. The van der Waals surface area contributed by atoms with Gasteiger partial charge in [-0.2, -0.15) is 0 Å². The van der Waals surface area contributed by atoms with Crippen LogP contribution in [0.3, 0.4) is 0 Å². The minimum atomic E-state index is -0.619. The molecule has 0 radical (unpaired) electrons. The maximum Gasteiger partial charge on any atom is 0.241 e. The van der Waals surface area contributed by atoms with Gasteiger partial charge in [0.05, 0.1) is 0 Å². The summed E-state index contributed by atoms with van der Waals surface area (Å²) in [6.45, 7) is 2.53. The summed E-state index contributed by atoms with van der Waals surface area (Å²) >= 11 is 0. The number of carbonyl (C=O) groups is 1. The van der Waals surface area contributed by atoms with Crippen molar-refractivity contribution < 1.29 is 4.79 Å². The molecule has 3 nitrogen and oxygen atoms in total. The number of aryl methyl sites for hydroxylation is 1. The molecule has 0 fully saturated rings. The fraction of sp³-hybridized carbons (Fsp3) is 0.188. The van der Waals surface area contributed by atoms with Crippen molar-refractivity contribution in [3.05, 3.63) is 71.3 Å². The second-order valence-corrected chi connectivity index (χ2v) is 4.60. The Labute approximate surface area is 113 Å². The van der Waals surface area contributed by atoms with Gasteiger partial charge in [0.15, 0.2) is 0 Å². The minimum absolute atomic E-state index is 0.160. The second-order valence-electron chi connectivity index (χ2n) is 4.60. The second kappa shape index (κ2) is 6.16. The van der Waals surface area contributed by atoms with E-state index in [1.54, 1.807) is 0 Å². The highest BCUT2D eigenvalue weighted by molar-refractivity contribution is 5.82. The van der Waals surface area contributed by atoms with E-state index in [1.165, 1.54) is 5.56 Å². The molecule has 2 rings (SSSR count). The number of hydrogen-bond donors (Lipinski definition) is 2. The first-order chi connectivity index (χ1) is 9.16. The van der Waals surface area contributed by atoms with Crippen LogP contribution in [0, 0.1) is 6.92 Å². The molecule has 1 amide bonds. The van der Waals surface area contributed by atoms with Crippen LogP contribution in [-0.4, -0.2) is 5.91 Å². The Morgan fingerprint density at radius 1 is 1.16 bits per heavy atom. The molecular formula is C16H18N2O. The summed E-state index contributed by atoms with van der Waals surface area (Å²) < 4.78 is 0. The summed E-state index contributed by atoms with van der Waals surface area (Å²) in [4.78, 5) is 12.0. The average molecular weight is 254 g/mol. The molecule has 0 bridgehead atoms. The third-order valence-electron chi connectivity index (χ3n) is 2.99. The van der Waals surface area contributed by atoms with E-state index in [0.29, 0.717) is 6.54 Å². The molecule has 98 valence electrons. The van der Waals surface area contributed by atoms with Crippen LogP contribution in [0.15, 0.2) is 54.6 Å². The molecule has 0 unspecified atom stereocenters. The third-order valence-corrected chi connectivity index (χ3v) is 2.99. The molecule has 0 aromatic heterocycles. The van der Waals surface area contributed by atoms with Crippen LogP contribution >= 0.6 is 0 Å². The molecule has 0 saturated carbocycles. The molecule has 1 atom stereocenters. The van der Waals surface area contributed by atoms with Gasteiger partial charge in [-0.1, -0.05) is 60.2 Å². The van der Waals surface area contributed by atoms with Crippen LogP contribution in [0.1, 0.15) is 22.7 Å². The van der Waals surface area contributed by atoms with Crippen LogP contribution in [0.2, 0.25) is 0 Å². The molecule has 0 aliphatic heterocycles. The number of amides is 1. The zero-order chi connectivity index (χ0) is 13.7. The van der Waals surface area contributed by atoms with E-state index in [9.17, 15) is 4.79 Å². The standard InChI is InChI=1S/C16H18N2O/c1-12-6-5-7-13(10-12)11-18-16(19)15(17)14-8-3-2-4-9-14/h2-10,15H,11,17H2,1H3,(H,18,19)/t15-/m1/s1. The van der Waals surface area contributed by atoms with Crippen molar-refractivity contribution in [3.63, 3.8) is 0 Å². The maximum atomic E-state index is 12.0. The monoisotopic (exact) mass is 254 g/mol. The number of nitrogens with two attached hydrogens (primary N) is 1. The summed E-state index contributed by atoms with van der Waals surface area (Å²) in [6, 6.07) is 16.8. The average Bonchev–Trinajstić information content (AvgIpc) is 2.45. The van der Waals surface area contributed by atoms with E-state index in [2.05, 4.69) is 5.32 Å². The lowest BCUT2D eigenvalue weighted by molar-refractivity contribution is -0.122. The van der Waals surface area contributed by atoms with Crippen molar-refractivity contribution >= 4 is 5.91 Å². The summed E-state index contributed by atoms with van der Waals surface area (Å²) in [6.07, 6.45) is 0. The van der Waals surface area contributed by atoms with Gasteiger partial charge in [0.2, 0.25) is 5.91 Å². The largest absolute Gasteiger partial charge is 0.350 e. The Morgan fingerprint density at radius 2 is 1.89 bits per heavy atom. The van der Waals surface area contributed by atoms with E-state index < -0.39 is 6.04 Å². The summed E-state index contributed by atoms with van der Waals surface area (Å²) in [7, 11) is 0. The molecule has 19 heavy (non-hydrogen) atoms. The summed E-state index contributed by atoms with van der Waals surface area (Å²) in [5.74, 6) is -0.160. The van der Waals surface area contributed by atoms with E-state index in [1.807, 2.05) is 61.5 Å². The van der Waals surface area contributed by atoms with Crippen molar-refractivity contribution in [1.82, 2.24) is 5.32 Å². The molecule has 0 aliphatic carbocycles. The molecule has 0 heterocycles. The van der Waals surface area contributed by atoms with Gasteiger partial charge in [-0.3, -0.25) is 4.79 Å². The third kappa shape index (κ3) is 3.66. The Morgan fingerprint density at radius 3 is 2.58 bits per heavy atom. The van der Waals surface area contributed by atoms with E-state index >= 15 is 0 Å². The number of carbonyl (C=O) groups excluding carboxylic acids is 1. The van der Waals surface area contributed by atoms with Gasteiger partial charge in [-0.15, -0.1) is 0 Å². The summed E-state index contributed by atoms with van der Waals surface area (Å²) in [5, 5.41) is 2.86. The first kappa shape index (κ1) is 13.3. The zero-order valence-corrected chi connectivity index (χ0v) is 11.0. The van der Waals surface area contributed by atoms with Crippen molar-refractivity contribution in [2.24, 2.45) is 5.73 Å². The number of nitrogens with one attached hydrogen (secondary N) is 1. The highest BCUT2D eigenvalue weighted by atomic mass is 16.2. The maximum absolute atomic E-state index is 12.0. The molecule has 0 aliphatic rings. The Bertz CT molecular complexity index is 552. The van der Waals surface area contributed by atoms with Gasteiger partial charge in [0.25, 0.3) is 0 Å². The van der Waals surface area contributed by atoms with Crippen LogP contribution < -0.4 is 11.1 Å². The Balaban J connectivity index is 1.95. The first-order valence-electron chi connectivity index (χ1n) is 6.30. The number of rotatable bonds is 4. The lowest BCUT2D eigenvalue weighted by Gasteiger charge is -2.12. The van der Waals surface area contributed by atoms with Crippen molar-refractivity contribution in [1.29, 1.82) is 0 Å². The molecule has 0 saturated heterocycles. The van der Waals surface area contributed by atoms with Gasteiger partial charge >= 0.3 is 0 Å². The smallest absolute Gasteiger partial charge is 0.241 e. The summed E-state index contributed by atoms with van der Waals surface area (Å²) in [5.41, 5.74) is 9.00. The van der Waals surface area contributed by atoms with E-state index in [-0.39, 0.29) is 5.91 Å². The van der Waals surface area contributed by atoms with Crippen LogP contribution in [0.4, 0.5) is 0 Å². The molecule has 3 N–H and O–H groups in total. The van der Waals surface area contributed by atoms with Gasteiger partial charge in [-0.05, 0) is 18.1 Å². The Kier molecular flexibility index (Phi) is 4.31. The van der Waals surface area contributed by atoms with E-state index in [0.717, 1.165) is 11.1 Å². The fourth-order valence-electron chi connectivity index (χ4n) is 1.93. The van der Waals surface area contributed by atoms with Crippen molar-refractivity contribution in [3.8, 4) is 0 Å². The quantitative estimate of drug-likeness (QED) is 0.879. The van der Waals surface area contributed by atoms with Crippen LogP contribution in [-0.2, 0) is 11.3 Å². The van der Waals surface area contributed by atoms with Gasteiger partial charge in [0.1, 0.15) is 6.04 Å². The molecule has 0 spiro atoms. The predicted molar refractivity (Wildman–Crippen MR) is 76.4 cm³/mol. The lowest BCUT2D eigenvalue weighted by Crippen LogP contribution is -2.33. The zero-order valence-electron chi connectivity index (χ0n) is 11.0. The highest BCUT2D eigenvalue weighted by Gasteiger charge is 2.14. The number of benzene rings is 2. The first-order valence-corrected chi connectivity index (χ1v) is 6.30. The Hall–Kier alpha value is -2.13. The predicted octanol–water partition coefficient (Wildman–Crippen LogP) is 2.31. The van der Waals surface area contributed by atoms with Crippen LogP contribution in [0.5, 0.6) is 0 Å². The molecule has 2 aromatic carbocycles. The van der Waals surface area contributed by atoms with Crippen molar-refractivity contribution in [2.75, 3.05) is 0 Å². The normalized spacial score (nSPS) is 11.9. The molecule has 2 aromatic rings.